The number of H-pyrrole nitrogens is 1. The van der Waals surface area contributed by atoms with Gasteiger partial charge in [-0.25, -0.2) is 0 Å². The molecular formula is C35H34FN5OS. The summed E-state index contributed by atoms with van der Waals surface area (Å²) < 4.78 is 13.9. The number of thiophene rings is 1. The summed E-state index contributed by atoms with van der Waals surface area (Å²) in [6, 6.07) is 11.6. The first-order valence-electron chi connectivity index (χ1n) is 15.1. The maximum Gasteiger partial charge on any atom is 0.224 e. The third-order valence-electron chi connectivity index (χ3n) is 8.69. The van der Waals surface area contributed by atoms with Gasteiger partial charge in [-0.2, -0.15) is 9.49 Å². The minimum Gasteiger partial charge on any atom is -0.357 e. The first-order chi connectivity index (χ1) is 21.0. The Balaban J connectivity index is 1.13. The molecule has 0 spiro atoms. The van der Waals surface area contributed by atoms with Crippen LogP contribution in [0.25, 0.3) is 33.3 Å². The Hall–Kier alpha value is -4.30. The highest BCUT2D eigenvalue weighted by Crippen LogP contribution is 2.39. The topological polar surface area (TPSA) is 82.7 Å². The van der Waals surface area contributed by atoms with Gasteiger partial charge < -0.3 is 10.6 Å². The molecule has 3 N–H and O–H groups in total. The van der Waals surface area contributed by atoms with Gasteiger partial charge in [0.05, 0.1) is 23.1 Å². The van der Waals surface area contributed by atoms with Gasteiger partial charge in [-0.1, -0.05) is 49.1 Å². The van der Waals surface area contributed by atoms with Gasteiger partial charge in [-0.05, 0) is 79.1 Å². The second-order valence-corrected chi connectivity index (χ2v) is 12.9. The molecule has 3 aliphatic rings. The third kappa shape index (κ3) is 5.84. The maximum atomic E-state index is 13.9. The minimum atomic E-state index is -0.177. The molecule has 4 heterocycles. The molecule has 0 radical (unpaired) electrons. The number of dihydropyridines is 1. The minimum absolute atomic E-state index is 0.0632. The van der Waals surface area contributed by atoms with Crippen LogP contribution in [0, 0.1) is 11.0 Å². The van der Waals surface area contributed by atoms with E-state index in [0.717, 1.165) is 75.3 Å². The number of halogens is 1. The molecule has 0 unspecified atom stereocenters. The van der Waals surface area contributed by atoms with Crippen molar-refractivity contribution in [1.29, 1.82) is 0 Å². The van der Waals surface area contributed by atoms with Crippen LogP contribution in [0.2, 0.25) is 0 Å². The number of hydrogen-bond donors (Lipinski definition) is 3. The molecule has 0 saturated heterocycles. The van der Waals surface area contributed by atoms with E-state index in [-0.39, 0.29) is 11.0 Å². The molecule has 0 atom stereocenters. The summed E-state index contributed by atoms with van der Waals surface area (Å²) in [4.78, 5) is 18.1. The highest BCUT2D eigenvalue weighted by molar-refractivity contribution is 7.11. The van der Waals surface area contributed by atoms with Crippen LogP contribution in [0.3, 0.4) is 0 Å². The van der Waals surface area contributed by atoms with Crippen LogP contribution < -0.4 is 10.6 Å². The predicted octanol–water partition coefficient (Wildman–Crippen LogP) is 8.76. The molecule has 218 valence electrons. The number of aromatic amines is 1. The number of carbonyl (C=O) groups is 1. The summed E-state index contributed by atoms with van der Waals surface area (Å²) in [6.07, 6.45) is 18.1. The molecular weight excluding hydrogens is 557 g/mol. The fraction of sp³-hybridized carbons (Fsp3) is 0.286. The average Bonchev–Trinajstić information content (AvgIpc) is 3.60. The highest BCUT2D eigenvalue weighted by Gasteiger charge is 2.24. The van der Waals surface area contributed by atoms with E-state index in [2.05, 4.69) is 58.0 Å². The third-order valence-corrected chi connectivity index (χ3v) is 9.59. The molecule has 6 nitrogen and oxygen atoms in total. The van der Waals surface area contributed by atoms with Crippen molar-refractivity contribution in [3.8, 4) is 11.1 Å². The van der Waals surface area contributed by atoms with E-state index in [4.69, 9.17) is 5.10 Å². The monoisotopic (exact) mass is 591 g/mol. The van der Waals surface area contributed by atoms with Gasteiger partial charge in [0.15, 0.2) is 5.13 Å². The summed E-state index contributed by atoms with van der Waals surface area (Å²) in [6.45, 7) is 2.12. The largest absolute Gasteiger partial charge is 0.357 e. The van der Waals surface area contributed by atoms with Crippen molar-refractivity contribution < 1.29 is 9.18 Å². The molecule has 1 aliphatic heterocycles. The zero-order valence-corrected chi connectivity index (χ0v) is 25.0. The van der Waals surface area contributed by atoms with Crippen molar-refractivity contribution in [2.24, 2.45) is 5.92 Å². The Labute approximate surface area is 254 Å². The summed E-state index contributed by atoms with van der Waals surface area (Å²) in [7, 11) is 0. The van der Waals surface area contributed by atoms with Gasteiger partial charge in [0, 0.05) is 40.6 Å². The first-order valence-corrected chi connectivity index (χ1v) is 15.9. The van der Waals surface area contributed by atoms with Crippen molar-refractivity contribution in [3.05, 3.63) is 99.6 Å². The fourth-order valence-electron chi connectivity index (χ4n) is 6.48. The first kappa shape index (κ1) is 27.5. The molecule has 1 amide bonds. The molecule has 0 bridgehead atoms. The lowest BCUT2D eigenvalue weighted by Crippen LogP contribution is -2.19. The van der Waals surface area contributed by atoms with Crippen LogP contribution in [0.5, 0.6) is 0 Å². The summed E-state index contributed by atoms with van der Waals surface area (Å²) in [5.74, 6) is 0.550. The Kier molecular flexibility index (Phi) is 7.53. The summed E-state index contributed by atoms with van der Waals surface area (Å²) in [5.41, 5.74) is 10.0. The number of amides is 1. The Bertz CT molecular complexity index is 1840. The van der Waals surface area contributed by atoms with Gasteiger partial charge in [0.1, 0.15) is 5.69 Å². The Morgan fingerprint density at radius 1 is 1.07 bits per heavy atom. The zero-order chi connectivity index (χ0) is 29.3. The number of carbonyl (C=O) groups excluding carboxylic acids is 1. The predicted molar refractivity (Wildman–Crippen MR) is 173 cm³/mol. The number of anilines is 1. The van der Waals surface area contributed by atoms with Crippen molar-refractivity contribution in [1.82, 2.24) is 20.5 Å². The van der Waals surface area contributed by atoms with Crippen LogP contribution in [-0.2, 0) is 4.79 Å². The molecule has 2 aliphatic carbocycles. The normalized spacial score (nSPS) is 17.5. The van der Waals surface area contributed by atoms with E-state index >= 15 is 0 Å². The summed E-state index contributed by atoms with van der Waals surface area (Å²) >= 11 is 1.18. The quantitative estimate of drug-likeness (QED) is 0.209. The number of pyridine rings is 1. The molecule has 3 aromatic heterocycles. The number of benzene rings is 1. The van der Waals surface area contributed by atoms with Crippen LogP contribution in [-0.4, -0.2) is 21.1 Å². The SMILES string of the molecule is CC1=CC=C(c2ccc(F)s2)C2=C(C1)NC(c1n[nH]c3ccc(-c4cncc(NC(=O)CC5CCCCC5)c4)cc13)=CC2. The van der Waals surface area contributed by atoms with Crippen molar-refractivity contribution in [2.45, 2.75) is 58.3 Å². The van der Waals surface area contributed by atoms with Crippen molar-refractivity contribution >= 4 is 45.1 Å². The fourth-order valence-corrected chi connectivity index (χ4v) is 7.26. The van der Waals surface area contributed by atoms with Crippen LogP contribution >= 0.6 is 11.3 Å². The second-order valence-electron chi connectivity index (χ2n) is 11.8. The maximum absolute atomic E-state index is 13.9. The molecule has 1 saturated carbocycles. The number of nitrogens with zero attached hydrogens (tertiary/aromatic N) is 2. The zero-order valence-electron chi connectivity index (χ0n) is 24.2. The van der Waals surface area contributed by atoms with E-state index in [1.54, 1.807) is 6.20 Å². The molecule has 43 heavy (non-hydrogen) atoms. The lowest BCUT2D eigenvalue weighted by molar-refractivity contribution is -0.117. The highest BCUT2D eigenvalue weighted by atomic mass is 32.1. The molecule has 1 aromatic carbocycles. The number of aromatic nitrogens is 3. The molecule has 8 heteroatoms. The standard InChI is InChI=1S/C35H34FN5OS/c1-21-7-9-27(32-13-14-33(36)43-32)26-10-12-30(39-31(26)15-21)35-28-18-23(8-11-29(28)40-41-35)24-17-25(20-37-19-24)38-34(42)16-22-5-3-2-4-6-22/h7-9,11-14,17-20,22,39H,2-6,10,15-16H2,1H3,(H,38,42)(H,40,41). The van der Waals surface area contributed by atoms with Gasteiger partial charge in [0.2, 0.25) is 5.91 Å². The van der Waals surface area contributed by atoms with Gasteiger partial charge in [0.25, 0.3) is 0 Å². The number of nitrogens with one attached hydrogen (secondary N) is 3. The van der Waals surface area contributed by atoms with E-state index in [9.17, 15) is 9.18 Å². The van der Waals surface area contributed by atoms with Crippen LogP contribution in [0.15, 0.2) is 83.9 Å². The number of allylic oxidation sites excluding steroid dienone is 6. The van der Waals surface area contributed by atoms with Crippen molar-refractivity contribution in [2.75, 3.05) is 5.32 Å². The van der Waals surface area contributed by atoms with Crippen molar-refractivity contribution in [3.63, 3.8) is 0 Å². The van der Waals surface area contributed by atoms with Crippen LogP contribution in [0.4, 0.5) is 10.1 Å². The molecule has 4 aromatic rings. The lowest BCUT2D eigenvalue weighted by atomic mass is 9.87. The lowest BCUT2D eigenvalue weighted by Gasteiger charge is -2.23. The second kappa shape index (κ2) is 11.8. The van der Waals surface area contributed by atoms with E-state index in [1.807, 2.05) is 24.4 Å². The van der Waals surface area contributed by atoms with E-state index in [1.165, 1.54) is 47.8 Å². The average molecular weight is 592 g/mol. The van der Waals surface area contributed by atoms with Crippen LogP contribution in [0.1, 0.15) is 68.9 Å². The molecule has 7 rings (SSSR count). The summed E-state index contributed by atoms with van der Waals surface area (Å²) in [5, 5.41) is 15.5. The number of fused-ring (bicyclic) bond motifs is 1. The van der Waals surface area contributed by atoms with Gasteiger partial charge in [-0.3, -0.25) is 14.9 Å². The van der Waals surface area contributed by atoms with E-state index in [0.29, 0.717) is 18.0 Å². The van der Waals surface area contributed by atoms with Gasteiger partial charge >= 0.3 is 0 Å². The van der Waals surface area contributed by atoms with E-state index < -0.39 is 0 Å². The Morgan fingerprint density at radius 2 is 1.95 bits per heavy atom. The number of hydrogen-bond acceptors (Lipinski definition) is 5. The van der Waals surface area contributed by atoms with Gasteiger partial charge in [-0.15, -0.1) is 11.3 Å². The molecule has 1 fully saturated rings. The smallest absolute Gasteiger partial charge is 0.224 e. The number of rotatable bonds is 6. The Morgan fingerprint density at radius 3 is 2.79 bits per heavy atom.